The van der Waals surface area contributed by atoms with E-state index in [0.717, 1.165) is 30.9 Å². The molecule has 0 atom stereocenters. The second kappa shape index (κ2) is 4.85. The minimum absolute atomic E-state index is 0.120. The van der Waals surface area contributed by atoms with E-state index in [1.165, 1.54) is 11.1 Å². The average molecular weight is 256 g/mol. The number of H-pyrrole nitrogens is 1. The minimum Gasteiger partial charge on any atom is -0.322 e. The van der Waals surface area contributed by atoms with Crippen molar-refractivity contribution in [3.8, 4) is 0 Å². The fraction of sp³-hybridized carbons (Fsp3) is 0.286. The Morgan fingerprint density at radius 3 is 3.11 bits per heavy atom. The first-order chi connectivity index (χ1) is 9.25. The van der Waals surface area contributed by atoms with Crippen LogP contribution in [0.1, 0.15) is 27.2 Å². The van der Waals surface area contributed by atoms with Gasteiger partial charge in [-0.1, -0.05) is 12.1 Å². The van der Waals surface area contributed by atoms with Crippen LogP contribution in [0.15, 0.2) is 24.4 Å². The zero-order valence-electron chi connectivity index (χ0n) is 10.8. The number of amides is 1. The minimum atomic E-state index is -0.120. The molecule has 1 amide bonds. The van der Waals surface area contributed by atoms with E-state index in [1.807, 2.05) is 19.1 Å². The molecule has 0 fully saturated rings. The van der Waals surface area contributed by atoms with Gasteiger partial charge in [0.2, 0.25) is 0 Å². The standard InChI is InChI=1S/C14H16N4O/c1-9-11(8-16-18-9)14(19)17-13-4-2-3-10-5-6-15-7-12(10)13/h2-4,8,15H,5-7H2,1H3,(H,16,18)(H,17,19). The Morgan fingerprint density at radius 1 is 1.42 bits per heavy atom. The highest BCUT2D eigenvalue weighted by Gasteiger charge is 2.16. The first kappa shape index (κ1) is 11.9. The number of carbonyl (C=O) groups is 1. The lowest BCUT2D eigenvalue weighted by molar-refractivity contribution is 0.102. The van der Waals surface area contributed by atoms with Gasteiger partial charge >= 0.3 is 0 Å². The lowest BCUT2D eigenvalue weighted by Crippen LogP contribution is -2.25. The topological polar surface area (TPSA) is 69.8 Å². The van der Waals surface area contributed by atoms with E-state index in [1.54, 1.807) is 6.20 Å². The number of aromatic nitrogens is 2. The quantitative estimate of drug-likeness (QED) is 0.764. The van der Waals surface area contributed by atoms with Crippen LogP contribution < -0.4 is 10.6 Å². The predicted molar refractivity (Wildman–Crippen MR) is 73.1 cm³/mol. The smallest absolute Gasteiger partial charge is 0.259 e. The molecule has 1 aromatic heterocycles. The number of nitrogens with zero attached hydrogens (tertiary/aromatic N) is 1. The van der Waals surface area contributed by atoms with Crippen molar-refractivity contribution in [3.05, 3.63) is 46.8 Å². The van der Waals surface area contributed by atoms with Gasteiger partial charge in [0.05, 0.1) is 11.8 Å². The number of benzene rings is 1. The van der Waals surface area contributed by atoms with Gasteiger partial charge in [0.15, 0.2) is 0 Å². The molecule has 0 unspecified atom stereocenters. The van der Waals surface area contributed by atoms with E-state index in [2.05, 4.69) is 26.9 Å². The van der Waals surface area contributed by atoms with Crippen LogP contribution in [0, 0.1) is 6.92 Å². The zero-order chi connectivity index (χ0) is 13.2. The van der Waals surface area contributed by atoms with Crippen LogP contribution in [-0.4, -0.2) is 22.6 Å². The molecule has 0 saturated heterocycles. The maximum Gasteiger partial charge on any atom is 0.259 e. The highest BCUT2D eigenvalue weighted by atomic mass is 16.1. The molecular weight excluding hydrogens is 240 g/mol. The monoisotopic (exact) mass is 256 g/mol. The van der Waals surface area contributed by atoms with Crippen LogP contribution in [0.3, 0.4) is 0 Å². The summed E-state index contributed by atoms with van der Waals surface area (Å²) >= 11 is 0. The van der Waals surface area contributed by atoms with Gasteiger partial charge in [0.1, 0.15) is 0 Å². The fourth-order valence-electron chi connectivity index (χ4n) is 2.40. The van der Waals surface area contributed by atoms with Gasteiger partial charge in [0, 0.05) is 17.9 Å². The number of hydrogen-bond acceptors (Lipinski definition) is 3. The first-order valence-electron chi connectivity index (χ1n) is 6.38. The number of aryl methyl sites for hydroxylation is 1. The Bertz CT molecular complexity index is 618. The summed E-state index contributed by atoms with van der Waals surface area (Å²) in [7, 11) is 0. The van der Waals surface area contributed by atoms with Crippen LogP contribution in [0.5, 0.6) is 0 Å². The molecule has 5 heteroatoms. The maximum atomic E-state index is 12.2. The molecule has 0 bridgehead atoms. The van der Waals surface area contributed by atoms with E-state index >= 15 is 0 Å². The molecule has 3 rings (SSSR count). The number of carbonyl (C=O) groups excluding carboxylic acids is 1. The van der Waals surface area contributed by atoms with Crippen molar-refractivity contribution in [3.63, 3.8) is 0 Å². The van der Waals surface area contributed by atoms with Gasteiger partial charge in [-0.05, 0) is 37.1 Å². The van der Waals surface area contributed by atoms with Gasteiger partial charge in [-0.2, -0.15) is 5.10 Å². The largest absolute Gasteiger partial charge is 0.322 e. The molecule has 5 nitrogen and oxygen atoms in total. The van der Waals surface area contributed by atoms with E-state index in [-0.39, 0.29) is 5.91 Å². The third-order valence-electron chi connectivity index (χ3n) is 3.47. The summed E-state index contributed by atoms with van der Waals surface area (Å²) in [4.78, 5) is 12.2. The highest BCUT2D eigenvalue weighted by Crippen LogP contribution is 2.23. The van der Waals surface area contributed by atoms with E-state index in [9.17, 15) is 4.79 Å². The van der Waals surface area contributed by atoms with Crippen molar-refractivity contribution >= 4 is 11.6 Å². The summed E-state index contributed by atoms with van der Waals surface area (Å²) in [5, 5.41) is 13.0. The Balaban J connectivity index is 1.88. The lowest BCUT2D eigenvalue weighted by atomic mass is 9.99. The Kier molecular flexibility index (Phi) is 3.05. The Hall–Kier alpha value is -2.14. The number of aromatic amines is 1. The number of hydrogen-bond donors (Lipinski definition) is 3. The first-order valence-corrected chi connectivity index (χ1v) is 6.38. The summed E-state index contributed by atoms with van der Waals surface area (Å²) in [6.45, 7) is 3.63. The third kappa shape index (κ3) is 2.24. The van der Waals surface area contributed by atoms with Gasteiger partial charge < -0.3 is 10.6 Å². The van der Waals surface area contributed by atoms with Crippen LogP contribution in [0.2, 0.25) is 0 Å². The molecular formula is C14H16N4O. The second-order valence-electron chi connectivity index (χ2n) is 4.73. The molecule has 2 heterocycles. The molecule has 2 aromatic rings. The molecule has 1 aliphatic rings. The van der Waals surface area contributed by atoms with Crippen LogP contribution in [0.4, 0.5) is 5.69 Å². The Labute approximate surface area is 111 Å². The van der Waals surface area contributed by atoms with Crippen LogP contribution in [-0.2, 0) is 13.0 Å². The SMILES string of the molecule is Cc1[nH]ncc1C(=O)Nc1cccc2c1CNCC2. The molecule has 19 heavy (non-hydrogen) atoms. The molecule has 0 spiro atoms. The summed E-state index contributed by atoms with van der Waals surface area (Å²) in [5.41, 5.74) is 4.74. The molecule has 0 saturated carbocycles. The lowest BCUT2D eigenvalue weighted by Gasteiger charge is -2.20. The predicted octanol–water partition coefficient (Wildman–Crippen LogP) is 1.62. The van der Waals surface area contributed by atoms with Crippen molar-refractivity contribution in [2.45, 2.75) is 19.9 Å². The third-order valence-corrected chi connectivity index (χ3v) is 3.47. The molecule has 1 aromatic carbocycles. The number of nitrogens with one attached hydrogen (secondary N) is 3. The van der Waals surface area contributed by atoms with Crippen molar-refractivity contribution in [1.82, 2.24) is 15.5 Å². The van der Waals surface area contributed by atoms with Gasteiger partial charge in [0.25, 0.3) is 5.91 Å². The summed E-state index contributed by atoms with van der Waals surface area (Å²) in [6, 6.07) is 6.05. The molecule has 98 valence electrons. The van der Waals surface area contributed by atoms with Crippen LogP contribution in [0.25, 0.3) is 0 Å². The normalized spacial score (nSPS) is 13.9. The van der Waals surface area contributed by atoms with Gasteiger partial charge in [-0.15, -0.1) is 0 Å². The summed E-state index contributed by atoms with van der Waals surface area (Å²) in [5.74, 6) is -0.120. The molecule has 3 N–H and O–H groups in total. The summed E-state index contributed by atoms with van der Waals surface area (Å²) in [6.07, 6.45) is 2.56. The summed E-state index contributed by atoms with van der Waals surface area (Å²) < 4.78 is 0. The average Bonchev–Trinajstić information content (AvgIpc) is 2.85. The zero-order valence-corrected chi connectivity index (χ0v) is 10.8. The Morgan fingerprint density at radius 2 is 2.32 bits per heavy atom. The number of fused-ring (bicyclic) bond motifs is 1. The van der Waals surface area contributed by atoms with Gasteiger partial charge in [-0.25, -0.2) is 0 Å². The highest BCUT2D eigenvalue weighted by molar-refractivity contribution is 6.05. The maximum absolute atomic E-state index is 12.2. The van der Waals surface area contributed by atoms with E-state index in [4.69, 9.17) is 0 Å². The van der Waals surface area contributed by atoms with Crippen LogP contribution >= 0.6 is 0 Å². The number of rotatable bonds is 2. The van der Waals surface area contributed by atoms with Gasteiger partial charge in [-0.3, -0.25) is 9.89 Å². The number of anilines is 1. The van der Waals surface area contributed by atoms with E-state index < -0.39 is 0 Å². The van der Waals surface area contributed by atoms with E-state index in [0.29, 0.717) is 5.56 Å². The molecule has 0 radical (unpaired) electrons. The molecule has 0 aliphatic carbocycles. The second-order valence-corrected chi connectivity index (χ2v) is 4.73. The van der Waals surface area contributed by atoms with Crippen molar-refractivity contribution in [1.29, 1.82) is 0 Å². The van der Waals surface area contributed by atoms with Crippen molar-refractivity contribution < 1.29 is 4.79 Å². The fourth-order valence-corrected chi connectivity index (χ4v) is 2.40. The van der Waals surface area contributed by atoms with Crippen molar-refractivity contribution in [2.75, 3.05) is 11.9 Å². The molecule has 1 aliphatic heterocycles. The van der Waals surface area contributed by atoms with Crippen molar-refractivity contribution in [2.24, 2.45) is 0 Å².